The zero-order valence-electron chi connectivity index (χ0n) is 9.09. The van der Waals surface area contributed by atoms with E-state index in [1.54, 1.807) is 0 Å². The molecule has 0 unspecified atom stereocenters. The topological polar surface area (TPSA) is 18.5 Å². The predicted octanol–water partition coefficient (Wildman–Crippen LogP) is 2.72. The SMILES string of the molecule is CC[C@H]1CC[C@]2(C)OC(C)(C)O[C@H]12. The van der Waals surface area contributed by atoms with E-state index in [1.807, 2.05) is 13.8 Å². The maximum Gasteiger partial charge on any atom is 0.164 e. The Labute approximate surface area is 80.6 Å². The van der Waals surface area contributed by atoms with Gasteiger partial charge in [-0.1, -0.05) is 13.3 Å². The predicted molar refractivity (Wildman–Crippen MR) is 51.5 cm³/mol. The Bertz CT molecular complexity index is 212. The van der Waals surface area contributed by atoms with Gasteiger partial charge in [0.05, 0.1) is 11.7 Å². The fraction of sp³-hybridized carbons (Fsp3) is 1.00. The first-order valence-corrected chi connectivity index (χ1v) is 5.35. The lowest BCUT2D eigenvalue weighted by atomic mass is 9.97. The zero-order chi connectivity index (χ0) is 9.69. The van der Waals surface area contributed by atoms with Gasteiger partial charge in [-0.25, -0.2) is 0 Å². The summed E-state index contributed by atoms with van der Waals surface area (Å²) in [6.45, 7) is 8.47. The molecule has 0 spiro atoms. The van der Waals surface area contributed by atoms with Crippen LogP contribution in [0, 0.1) is 5.92 Å². The van der Waals surface area contributed by atoms with Crippen LogP contribution < -0.4 is 0 Å². The van der Waals surface area contributed by atoms with Gasteiger partial charge in [0, 0.05) is 0 Å². The molecular weight excluding hydrogens is 164 g/mol. The van der Waals surface area contributed by atoms with E-state index >= 15 is 0 Å². The molecule has 1 saturated heterocycles. The summed E-state index contributed by atoms with van der Waals surface area (Å²) in [5.74, 6) is 0.333. The molecule has 1 aliphatic carbocycles. The molecule has 1 heterocycles. The second-order valence-electron chi connectivity index (χ2n) is 5.06. The monoisotopic (exact) mass is 184 g/mol. The molecule has 0 aromatic carbocycles. The third-order valence-corrected chi connectivity index (χ3v) is 3.46. The molecule has 0 radical (unpaired) electrons. The van der Waals surface area contributed by atoms with Gasteiger partial charge in [-0.05, 0) is 39.5 Å². The summed E-state index contributed by atoms with van der Waals surface area (Å²) in [5, 5.41) is 0. The summed E-state index contributed by atoms with van der Waals surface area (Å²) in [6, 6.07) is 0. The van der Waals surface area contributed by atoms with E-state index < -0.39 is 0 Å². The van der Waals surface area contributed by atoms with Crippen LogP contribution in [0.1, 0.15) is 47.0 Å². The molecule has 0 aromatic rings. The molecule has 0 aromatic heterocycles. The van der Waals surface area contributed by atoms with Crippen LogP contribution in [-0.4, -0.2) is 17.5 Å². The minimum Gasteiger partial charge on any atom is -0.344 e. The average Bonchev–Trinajstić information content (AvgIpc) is 2.38. The number of ether oxygens (including phenoxy) is 2. The fourth-order valence-electron chi connectivity index (χ4n) is 2.90. The molecule has 3 atom stereocenters. The van der Waals surface area contributed by atoms with Crippen LogP contribution in [0.3, 0.4) is 0 Å². The van der Waals surface area contributed by atoms with Crippen LogP contribution in [0.4, 0.5) is 0 Å². The standard InChI is InChI=1S/C11H20O2/c1-5-8-6-7-11(4)9(8)12-10(2,3)13-11/h8-9H,5-7H2,1-4H3/t8-,9+,11-/m0/s1. The molecule has 2 rings (SSSR count). The Hall–Kier alpha value is -0.0800. The summed E-state index contributed by atoms with van der Waals surface area (Å²) in [5.41, 5.74) is -0.00975. The zero-order valence-corrected chi connectivity index (χ0v) is 9.09. The number of hydrogen-bond acceptors (Lipinski definition) is 2. The average molecular weight is 184 g/mol. The molecule has 2 fully saturated rings. The number of hydrogen-bond donors (Lipinski definition) is 0. The Morgan fingerprint density at radius 1 is 1.31 bits per heavy atom. The van der Waals surface area contributed by atoms with E-state index in [0.717, 1.165) is 6.42 Å². The highest BCUT2D eigenvalue weighted by Gasteiger charge is 2.56. The Morgan fingerprint density at radius 3 is 2.62 bits per heavy atom. The normalized spacial score (nSPS) is 48.0. The van der Waals surface area contributed by atoms with Crippen LogP contribution in [0.5, 0.6) is 0 Å². The second-order valence-corrected chi connectivity index (χ2v) is 5.06. The van der Waals surface area contributed by atoms with Crippen molar-refractivity contribution in [1.82, 2.24) is 0 Å². The number of rotatable bonds is 1. The maximum atomic E-state index is 5.97. The lowest BCUT2D eigenvalue weighted by Crippen LogP contribution is -2.33. The lowest BCUT2D eigenvalue weighted by Gasteiger charge is -2.23. The van der Waals surface area contributed by atoms with Crippen molar-refractivity contribution in [2.45, 2.75) is 64.4 Å². The van der Waals surface area contributed by atoms with E-state index in [9.17, 15) is 0 Å². The van der Waals surface area contributed by atoms with Gasteiger partial charge in [-0.15, -0.1) is 0 Å². The maximum absolute atomic E-state index is 5.97. The third kappa shape index (κ3) is 1.40. The quantitative estimate of drug-likeness (QED) is 0.624. The molecule has 0 bridgehead atoms. The van der Waals surface area contributed by atoms with E-state index in [1.165, 1.54) is 12.8 Å². The largest absolute Gasteiger partial charge is 0.344 e. The molecule has 2 aliphatic rings. The highest BCUT2D eigenvalue weighted by atomic mass is 16.8. The van der Waals surface area contributed by atoms with Crippen LogP contribution >= 0.6 is 0 Å². The first-order chi connectivity index (χ1) is 5.97. The van der Waals surface area contributed by atoms with Crippen molar-refractivity contribution in [2.75, 3.05) is 0 Å². The van der Waals surface area contributed by atoms with Crippen molar-refractivity contribution >= 4 is 0 Å². The second kappa shape index (κ2) is 2.71. The van der Waals surface area contributed by atoms with Crippen molar-refractivity contribution in [3.8, 4) is 0 Å². The highest BCUT2D eigenvalue weighted by Crippen LogP contribution is 2.49. The molecule has 76 valence electrons. The van der Waals surface area contributed by atoms with E-state index in [-0.39, 0.29) is 11.4 Å². The molecule has 0 N–H and O–H groups in total. The summed E-state index contributed by atoms with van der Waals surface area (Å²) < 4.78 is 11.9. The van der Waals surface area contributed by atoms with Crippen molar-refractivity contribution in [1.29, 1.82) is 0 Å². The highest BCUT2D eigenvalue weighted by molar-refractivity contribution is 5.01. The molecule has 13 heavy (non-hydrogen) atoms. The van der Waals surface area contributed by atoms with Gasteiger partial charge >= 0.3 is 0 Å². The summed E-state index contributed by atoms with van der Waals surface area (Å²) in [7, 11) is 0. The van der Waals surface area contributed by atoms with Crippen molar-refractivity contribution in [2.24, 2.45) is 5.92 Å². The fourth-order valence-corrected chi connectivity index (χ4v) is 2.90. The Morgan fingerprint density at radius 2 is 2.00 bits per heavy atom. The van der Waals surface area contributed by atoms with E-state index in [0.29, 0.717) is 12.0 Å². The lowest BCUT2D eigenvalue weighted by molar-refractivity contribution is -0.168. The van der Waals surface area contributed by atoms with Gasteiger partial charge in [0.25, 0.3) is 0 Å². The molecule has 1 saturated carbocycles. The summed E-state index contributed by atoms with van der Waals surface area (Å²) in [4.78, 5) is 0. The smallest absolute Gasteiger partial charge is 0.164 e. The Balaban J connectivity index is 2.18. The van der Waals surface area contributed by atoms with Crippen LogP contribution in [0.25, 0.3) is 0 Å². The first kappa shape index (κ1) is 9.47. The van der Waals surface area contributed by atoms with E-state index in [2.05, 4.69) is 13.8 Å². The van der Waals surface area contributed by atoms with Gasteiger partial charge in [-0.2, -0.15) is 0 Å². The third-order valence-electron chi connectivity index (χ3n) is 3.46. The molecule has 0 amide bonds. The van der Waals surface area contributed by atoms with Gasteiger partial charge in [0.15, 0.2) is 5.79 Å². The first-order valence-electron chi connectivity index (χ1n) is 5.35. The van der Waals surface area contributed by atoms with Gasteiger partial charge in [0.2, 0.25) is 0 Å². The van der Waals surface area contributed by atoms with Gasteiger partial charge in [-0.3, -0.25) is 0 Å². The minimum atomic E-state index is -0.368. The van der Waals surface area contributed by atoms with E-state index in [4.69, 9.17) is 9.47 Å². The van der Waals surface area contributed by atoms with Crippen molar-refractivity contribution in [3.05, 3.63) is 0 Å². The molecule has 2 nitrogen and oxygen atoms in total. The summed E-state index contributed by atoms with van der Waals surface area (Å²) >= 11 is 0. The van der Waals surface area contributed by atoms with Gasteiger partial charge in [0.1, 0.15) is 0 Å². The summed E-state index contributed by atoms with van der Waals surface area (Å²) in [6.07, 6.45) is 3.94. The van der Waals surface area contributed by atoms with Crippen LogP contribution in [0.15, 0.2) is 0 Å². The molecule has 1 aliphatic heterocycles. The molecular formula is C11H20O2. The Kier molecular flexibility index (Phi) is 1.97. The van der Waals surface area contributed by atoms with Crippen LogP contribution in [-0.2, 0) is 9.47 Å². The minimum absolute atomic E-state index is 0.00975. The van der Waals surface area contributed by atoms with Crippen molar-refractivity contribution < 1.29 is 9.47 Å². The molecule has 2 heteroatoms. The van der Waals surface area contributed by atoms with Crippen molar-refractivity contribution in [3.63, 3.8) is 0 Å². The van der Waals surface area contributed by atoms with Gasteiger partial charge < -0.3 is 9.47 Å². The number of fused-ring (bicyclic) bond motifs is 1. The van der Waals surface area contributed by atoms with Crippen LogP contribution in [0.2, 0.25) is 0 Å².